The van der Waals surface area contributed by atoms with Crippen LogP contribution in [0.4, 0.5) is 0 Å². The molecular weight excluding hydrogens is 350 g/mol. The molecule has 0 unspecified atom stereocenters. The minimum Gasteiger partial charge on any atom is -0.494 e. The topological polar surface area (TPSA) is 47.4 Å². The maximum Gasteiger partial charge on any atom is 0.227 e. The number of amides is 1. The van der Waals surface area contributed by atoms with Gasteiger partial charge in [0, 0.05) is 31.4 Å². The Bertz CT molecular complexity index is 787. The van der Waals surface area contributed by atoms with E-state index in [1.807, 2.05) is 37.4 Å². The van der Waals surface area contributed by atoms with Crippen molar-refractivity contribution >= 4 is 5.91 Å². The average Bonchev–Trinajstić information content (AvgIpc) is 2.94. The zero-order valence-corrected chi connectivity index (χ0v) is 17.7. The molecule has 0 aliphatic carbocycles. The Kier molecular flexibility index (Phi) is 6.76. The van der Waals surface area contributed by atoms with E-state index in [4.69, 9.17) is 4.74 Å². The van der Waals surface area contributed by atoms with Gasteiger partial charge in [-0.3, -0.25) is 9.48 Å². The van der Waals surface area contributed by atoms with Crippen LogP contribution in [0.2, 0.25) is 0 Å². The molecule has 152 valence electrons. The average molecular weight is 384 g/mol. The SMILES string of the molecule is CCOc1ccc(CCC2CCN(C(=O)Cc3c(C)nn(C)c3C)CC2)cc1. The molecule has 2 aromatic rings. The Balaban J connectivity index is 1.44. The molecule has 0 saturated carbocycles. The van der Waals surface area contributed by atoms with E-state index in [0.29, 0.717) is 18.9 Å². The predicted molar refractivity (Wildman–Crippen MR) is 112 cm³/mol. The van der Waals surface area contributed by atoms with Crippen molar-refractivity contribution in [2.45, 2.75) is 52.9 Å². The van der Waals surface area contributed by atoms with Crippen molar-refractivity contribution in [2.75, 3.05) is 19.7 Å². The number of rotatable bonds is 7. The summed E-state index contributed by atoms with van der Waals surface area (Å²) in [5.74, 6) is 1.89. The van der Waals surface area contributed by atoms with Gasteiger partial charge in [-0.2, -0.15) is 5.10 Å². The molecule has 5 heteroatoms. The van der Waals surface area contributed by atoms with Crippen LogP contribution in [0.1, 0.15) is 48.7 Å². The summed E-state index contributed by atoms with van der Waals surface area (Å²) in [6, 6.07) is 8.45. The van der Waals surface area contributed by atoms with Crippen molar-refractivity contribution in [3.8, 4) is 5.75 Å². The molecule has 1 aromatic heterocycles. The predicted octanol–water partition coefficient (Wildman–Crippen LogP) is 3.85. The van der Waals surface area contributed by atoms with Crippen LogP contribution < -0.4 is 4.74 Å². The third-order valence-corrected chi connectivity index (χ3v) is 6.03. The first-order valence-corrected chi connectivity index (χ1v) is 10.5. The molecule has 1 fully saturated rings. The quantitative estimate of drug-likeness (QED) is 0.730. The number of nitrogens with zero attached hydrogens (tertiary/aromatic N) is 3. The van der Waals surface area contributed by atoms with Crippen LogP contribution in [0.3, 0.4) is 0 Å². The van der Waals surface area contributed by atoms with Gasteiger partial charge in [-0.1, -0.05) is 12.1 Å². The number of aryl methyl sites for hydroxylation is 3. The van der Waals surface area contributed by atoms with Gasteiger partial charge >= 0.3 is 0 Å². The Morgan fingerprint density at radius 2 is 1.86 bits per heavy atom. The summed E-state index contributed by atoms with van der Waals surface area (Å²) < 4.78 is 7.37. The summed E-state index contributed by atoms with van der Waals surface area (Å²) in [5.41, 5.74) is 4.52. The molecule has 1 amide bonds. The highest BCUT2D eigenvalue weighted by molar-refractivity contribution is 5.79. The Hall–Kier alpha value is -2.30. The number of aromatic nitrogens is 2. The van der Waals surface area contributed by atoms with Crippen molar-refractivity contribution in [3.05, 3.63) is 46.8 Å². The molecule has 0 N–H and O–H groups in total. The number of hydrogen-bond acceptors (Lipinski definition) is 3. The van der Waals surface area contributed by atoms with E-state index in [2.05, 4.69) is 29.4 Å². The van der Waals surface area contributed by atoms with Crippen molar-refractivity contribution in [3.63, 3.8) is 0 Å². The zero-order valence-electron chi connectivity index (χ0n) is 17.7. The molecule has 2 heterocycles. The highest BCUT2D eigenvalue weighted by Gasteiger charge is 2.24. The fourth-order valence-corrected chi connectivity index (χ4v) is 4.10. The number of piperidine rings is 1. The second-order valence-electron chi connectivity index (χ2n) is 7.89. The van der Waals surface area contributed by atoms with Crippen LogP contribution in [-0.2, 0) is 24.7 Å². The monoisotopic (exact) mass is 383 g/mol. The van der Waals surface area contributed by atoms with Gasteiger partial charge in [-0.05, 0) is 70.1 Å². The molecule has 28 heavy (non-hydrogen) atoms. The van der Waals surface area contributed by atoms with Gasteiger partial charge in [0.15, 0.2) is 0 Å². The van der Waals surface area contributed by atoms with Crippen molar-refractivity contribution in [1.29, 1.82) is 0 Å². The summed E-state index contributed by atoms with van der Waals surface area (Å²) in [5, 5.41) is 4.43. The highest BCUT2D eigenvalue weighted by Crippen LogP contribution is 2.24. The second kappa shape index (κ2) is 9.26. The lowest BCUT2D eigenvalue weighted by atomic mass is 9.90. The Morgan fingerprint density at radius 1 is 1.18 bits per heavy atom. The van der Waals surface area contributed by atoms with Gasteiger partial charge in [-0.25, -0.2) is 0 Å². The van der Waals surface area contributed by atoms with Crippen molar-refractivity contribution < 1.29 is 9.53 Å². The number of carbonyl (C=O) groups is 1. The standard InChI is InChI=1S/C23H33N3O2/c1-5-28-21-10-8-19(9-11-21)6-7-20-12-14-26(15-13-20)23(27)16-22-17(2)24-25(4)18(22)3/h8-11,20H,5-7,12-16H2,1-4H3. The first-order chi connectivity index (χ1) is 13.5. The molecule has 1 aliphatic rings. The van der Waals surface area contributed by atoms with E-state index in [9.17, 15) is 4.79 Å². The normalized spacial score (nSPS) is 15.1. The summed E-state index contributed by atoms with van der Waals surface area (Å²) in [6.45, 7) is 8.50. The van der Waals surface area contributed by atoms with Crippen LogP contribution in [0, 0.1) is 19.8 Å². The Morgan fingerprint density at radius 3 is 2.43 bits per heavy atom. The van der Waals surface area contributed by atoms with Gasteiger partial charge in [-0.15, -0.1) is 0 Å². The lowest BCUT2D eigenvalue weighted by Crippen LogP contribution is -2.39. The molecule has 1 aromatic carbocycles. The smallest absolute Gasteiger partial charge is 0.227 e. The lowest BCUT2D eigenvalue weighted by Gasteiger charge is -2.32. The van der Waals surface area contributed by atoms with Gasteiger partial charge < -0.3 is 9.64 Å². The van der Waals surface area contributed by atoms with Crippen molar-refractivity contribution in [1.82, 2.24) is 14.7 Å². The number of hydrogen-bond donors (Lipinski definition) is 0. The van der Waals surface area contributed by atoms with Crippen LogP contribution in [0.15, 0.2) is 24.3 Å². The van der Waals surface area contributed by atoms with Gasteiger partial charge in [0.2, 0.25) is 5.91 Å². The molecule has 1 aliphatic heterocycles. The van der Waals surface area contributed by atoms with Crippen LogP contribution >= 0.6 is 0 Å². The van der Waals surface area contributed by atoms with Crippen LogP contribution in [0.5, 0.6) is 5.75 Å². The van der Waals surface area contributed by atoms with E-state index in [0.717, 1.165) is 55.1 Å². The fraction of sp³-hybridized carbons (Fsp3) is 0.565. The van der Waals surface area contributed by atoms with E-state index in [1.165, 1.54) is 12.0 Å². The number of benzene rings is 1. The van der Waals surface area contributed by atoms with Gasteiger partial charge in [0.05, 0.1) is 18.7 Å². The minimum atomic E-state index is 0.240. The van der Waals surface area contributed by atoms with Gasteiger partial charge in [0.25, 0.3) is 0 Å². The van der Waals surface area contributed by atoms with Crippen LogP contribution in [0.25, 0.3) is 0 Å². The fourth-order valence-electron chi connectivity index (χ4n) is 4.10. The van der Waals surface area contributed by atoms with Gasteiger partial charge in [0.1, 0.15) is 5.75 Å². The number of carbonyl (C=O) groups excluding carboxylic acids is 1. The maximum absolute atomic E-state index is 12.7. The third-order valence-electron chi connectivity index (χ3n) is 6.03. The van der Waals surface area contributed by atoms with E-state index >= 15 is 0 Å². The lowest BCUT2D eigenvalue weighted by molar-refractivity contribution is -0.131. The summed E-state index contributed by atoms with van der Waals surface area (Å²) in [6.07, 6.45) is 4.97. The largest absolute Gasteiger partial charge is 0.494 e. The Labute approximate surface area is 168 Å². The minimum absolute atomic E-state index is 0.240. The molecule has 0 atom stereocenters. The summed E-state index contributed by atoms with van der Waals surface area (Å²) in [4.78, 5) is 14.8. The molecule has 0 bridgehead atoms. The van der Waals surface area contributed by atoms with E-state index < -0.39 is 0 Å². The number of ether oxygens (including phenoxy) is 1. The first kappa shape index (κ1) is 20.4. The third kappa shape index (κ3) is 4.94. The van der Waals surface area contributed by atoms with E-state index in [1.54, 1.807) is 0 Å². The molecule has 5 nitrogen and oxygen atoms in total. The first-order valence-electron chi connectivity index (χ1n) is 10.5. The zero-order chi connectivity index (χ0) is 20.1. The molecule has 3 rings (SSSR count). The van der Waals surface area contributed by atoms with Crippen molar-refractivity contribution in [2.24, 2.45) is 13.0 Å². The maximum atomic E-state index is 12.7. The summed E-state index contributed by atoms with van der Waals surface area (Å²) >= 11 is 0. The van der Waals surface area contributed by atoms with E-state index in [-0.39, 0.29) is 5.91 Å². The molecular formula is C23H33N3O2. The van der Waals surface area contributed by atoms with Crippen LogP contribution in [-0.4, -0.2) is 40.3 Å². The molecule has 0 spiro atoms. The summed E-state index contributed by atoms with van der Waals surface area (Å²) in [7, 11) is 1.94. The molecule has 0 radical (unpaired) electrons. The number of likely N-dealkylation sites (tertiary alicyclic amines) is 1. The highest BCUT2D eigenvalue weighted by atomic mass is 16.5. The molecule has 1 saturated heterocycles. The second-order valence-corrected chi connectivity index (χ2v) is 7.89.